The van der Waals surface area contributed by atoms with E-state index in [1.165, 1.54) is 0 Å². The Labute approximate surface area is 223 Å². The summed E-state index contributed by atoms with van der Waals surface area (Å²) >= 11 is 0. The summed E-state index contributed by atoms with van der Waals surface area (Å²) in [6.45, 7) is 4.13. The molecule has 212 valence electrons. The van der Waals surface area contributed by atoms with Crippen molar-refractivity contribution >= 4 is 12.3 Å². The van der Waals surface area contributed by atoms with Crippen LogP contribution in [-0.2, 0) is 23.8 Å². The van der Waals surface area contributed by atoms with E-state index in [0.29, 0.717) is 45.1 Å². The van der Waals surface area contributed by atoms with Crippen molar-refractivity contribution < 1.29 is 44.2 Å². The van der Waals surface area contributed by atoms with Gasteiger partial charge in [-0.15, -0.1) is 0 Å². The number of cyclic esters (lactones) is 1. The molecule has 4 aliphatic carbocycles. The first-order chi connectivity index (χ1) is 18.0. The number of hydrogen-bond donors (Lipinski definition) is 4. The van der Waals surface area contributed by atoms with Crippen molar-refractivity contribution in [1.82, 2.24) is 0 Å². The Morgan fingerprint density at radius 1 is 1.05 bits per heavy atom. The Balaban J connectivity index is 1.22. The van der Waals surface area contributed by atoms with E-state index in [2.05, 4.69) is 6.92 Å². The number of ether oxygens (including phenoxy) is 3. The van der Waals surface area contributed by atoms with Gasteiger partial charge in [-0.2, -0.15) is 0 Å². The second kappa shape index (κ2) is 9.08. The predicted molar refractivity (Wildman–Crippen MR) is 133 cm³/mol. The quantitative estimate of drug-likeness (QED) is 0.241. The molecule has 2 heterocycles. The van der Waals surface area contributed by atoms with Crippen molar-refractivity contribution in [3.05, 3.63) is 11.6 Å². The van der Waals surface area contributed by atoms with Gasteiger partial charge in [0.25, 0.3) is 0 Å². The molecule has 9 heteroatoms. The highest BCUT2D eigenvalue weighted by molar-refractivity contribution is 5.85. The van der Waals surface area contributed by atoms with Crippen molar-refractivity contribution in [2.24, 2.45) is 28.6 Å². The minimum Gasteiger partial charge on any atom is -0.458 e. The third-order valence-electron chi connectivity index (χ3n) is 11.9. The summed E-state index contributed by atoms with van der Waals surface area (Å²) in [4.78, 5) is 24.7. The molecule has 38 heavy (non-hydrogen) atoms. The molecule has 1 saturated heterocycles. The van der Waals surface area contributed by atoms with E-state index < -0.39 is 46.6 Å². The maximum atomic E-state index is 12.9. The van der Waals surface area contributed by atoms with Crippen molar-refractivity contribution in [2.45, 2.75) is 120 Å². The average Bonchev–Trinajstić information content (AvgIpc) is 3.41. The average molecular weight is 535 g/mol. The van der Waals surface area contributed by atoms with Crippen LogP contribution in [0.4, 0.5) is 0 Å². The van der Waals surface area contributed by atoms with Crippen molar-refractivity contribution in [3.8, 4) is 0 Å². The first-order valence-electron chi connectivity index (χ1n) is 14.4. The van der Waals surface area contributed by atoms with Gasteiger partial charge in [-0.05, 0) is 81.6 Å². The van der Waals surface area contributed by atoms with E-state index >= 15 is 0 Å². The molecular formula is C29H42O9. The summed E-state index contributed by atoms with van der Waals surface area (Å²) in [5.41, 5.74) is -2.60. The lowest BCUT2D eigenvalue weighted by Gasteiger charge is -2.65. The van der Waals surface area contributed by atoms with E-state index in [1.807, 2.05) is 0 Å². The first-order valence-corrected chi connectivity index (χ1v) is 14.4. The van der Waals surface area contributed by atoms with Crippen LogP contribution in [0.25, 0.3) is 0 Å². The molecular weight excluding hydrogens is 492 g/mol. The van der Waals surface area contributed by atoms with Gasteiger partial charge in [-0.25, -0.2) is 4.79 Å². The highest BCUT2D eigenvalue weighted by Crippen LogP contribution is 2.70. The molecule has 0 amide bonds. The lowest BCUT2D eigenvalue weighted by atomic mass is 9.41. The van der Waals surface area contributed by atoms with Gasteiger partial charge in [0.15, 0.2) is 6.29 Å². The first kappa shape index (κ1) is 26.8. The van der Waals surface area contributed by atoms with Crippen molar-refractivity contribution in [2.75, 3.05) is 6.61 Å². The Morgan fingerprint density at radius 2 is 1.82 bits per heavy atom. The molecule has 12 atom stereocenters. The summed E-state index contributed by atoms with van der Waals surface area (Å²) in [5, 5.41) is 44.6. The monoisotopic (exact) mass is 534 g/mol. The van der Waals surface area contributed by atoms with E-state index in [9.17, 15) is 30.0 Å². The minimum absolute atomic E-state index is 0.0729. The van der Waals surface area contributed by atoms with Gasteiger partial charge in [0, 0.05) is 24.3 Å². The summed E-state index contributed by atoms with van der Waals surface area (Å²) in [6.07, 6.45) is 4.50. The molecule has 4 saturated carbocycles. The van der Waals surface area contributed by atoms with Crippen molar-refractivity contribution in [1.29, 1.82) is 0 Å². The number of rotatable bonds is 4. The number of carbonyl (C=O) groups is 2. The van der Waals surface area contributed by atoms with Gasteiger partial charge in [0.1, 0.15) is 19.0 Å². The number of carbonyl (C=O) groups excluding carboxylic acids is 2. The van der Waals surface area contributed by atoms with Crippen LogP contribution in [0.2, 0.25) is 0 Å². The van der Waals surface area contributed by atoms with Crippen LogP contribution in [0.3, 0.4) is 0 Å². The molecule has 9 unspecified atom stereocenters. The highest BCUT2D eigenvalue weighted by atomic mass is 16.7. The van der Waals surface area contributed by atoms with Crippen LogP contribution in [-0.4, -0.2) is 81.2 Å². The number of aldehydes is 1. The molecule has 0 radical (unpaired) electrons. The Hall–Kier alpha value is -1.36. The third kappa shape index (κ3) is 3.65. The van der Waals surface area contributed by atoms with E-state index in [-0.39, 0.29) is 36.2 Å². The van der Waals surface area contributed by atoms with Gasteiger partial charge >= 0.3 is 5.97 Å². The van der Waals surface area contributed by atoms with Crippen LogP contribution >= 0.6 is 0 Å². The molecule has 5 fully saturated rings. The minimum atomic E-state index is -1.24. The van der Waals surface area contributed by atoms with Gasteiger partial charge in [-0.3, -0.25) is 0 Å². The van der Waals surface area contributed by atoms with Gasteiger partial charge in [0.05, 0.1) is 34.9 Å². The van der Waals surface area contributed by atoms with Crippen LogP contribution in [0.15, 0.2) is 11.6 Å². The maximum Gasteiger partial charge on any atom is 0.331 e. The molecule has 2 aliphatic heterocycles. The molecule has 0 aromatic heterocycles. The molecule has 6 aliphatic rings. The Morgan fingerprint density at radius 3 is 2.50 bits per heavy atom. The molecule has 0 aromatic carbocycles. The van der Waals surface area contributed by atoms with Crippen LogP contribution in [0.5, 0.6) is 0 Å². The second-order valence-electron chi connectivity index (χ2n) is 13.3. The number of aliphatic hydroxyl groups is 4. The van der Waals surface area contributed by atoms with E-state index in [1.54, 1.807) is 13.0 Å². The molecule has 0 bridgehead atoms. The zero-order valence-corrected chi connectivity index (χ0v) is 22.4. The zero-order chi connectivity index (χ0) is 27.1. The van der Waals surface area contributed by atoms with E-state index in [4.69, 9.17) is 14.2 Å². The largest absolute Gasteiger partial charge is 0.458 e. The SMILES string of the molecule is CC1OC(OC2CCC3(C=O)[C@H]4CCC5(C)[C@H](C6=CC(=O)OC6)CCC5(O)[C@@H]4CCC3(O)C2)CC(O)C1O. The lowest BCUT2D eigenvalue weighted by Crippen LogP contribution is -2.69. The van der Waals surface area contributed by atoms with Gasteiger partial charge < -0.3 is 39.4 Å². The molecule has 9 nitrogen and oxygen atoms in total. The zero-order valence-electron chi connectivity index (χ0n) is 22.4. The van der Waals surface area contributed by atoms with E-state index in [0.717, 1.165) is 31.1 Å². The molecule has 0 aromatic rings. The number of esters is 1. The topological polar surface area (TPSA) is 143 Å². The number of hydrogen-bond acceptors (Lipinski definition) is 9. The number of fused-ring (bicyclic) bond motifs is 5. The fraction of sp³-hybridized carbons (Fsp3) is 0.862. The lowest BCUT2D eigenvalue weighted by molar-refractivity contribution is -0.286. The van der Waals surface area contributed by atoms with Gasteiger partial charge in [0.2, 0.25) is 0 Å². The Kier molecular flexibility index (Phi) is 6.41. The van der Waals surface area contributed by atoms with Crippen LogP contribution in [0.1, 0.15) is 78.1 Å². The smallest absolute Gasteiger partial charge is 0.331 e. The van der Waals surface area contributed by atoms with Gasteiger partial charge in [-0.1, -0.05) is 6.92 Å². The summed E-state index contributed by atoms with van der Waals surface area (Å²) in [7, 11) is 0. The molecule has 0 spiro atoms. The second-order valence-corrected chi connectivity index (χ2v) is 13.3. The normalized spacial score (nSPS) is 54.4. The summed E-state index contributed by atoms with van der Waals surface area (Å²) in [6, 6.07) is 0. The maximum absolute atomic E-state index is 12.9. The fourth-order valence-electron chi connectivity index (χ4n) is 9.76. The fourth-order valence-corrected chi connectivity index (χ4v) is 9.76. The van der Waals surface area contributed by atoms with Crippen molar-refractivity contribution in [3.63, 3.8) is 0 Å². The third-order valence-corrected chi connectivity index (χ3v) is 11.9. The van der Waals surface area contributed by atoms with Crippen LogP contribution < -0.4 is 0 Å². The highest BCUT2D eigenvalue weighted by Gasteiger charge is 2.71. The molecule has 4 N–H and O–H groups in total. The number of aliphatic hydroxyl groups excluding tert-OH is 2. The summed E-state index contributed by atoms with van der Waals surface area (Å²) in [5.74, 6) is -0.473. The predicted octanol–water partition coefficient (Wildman–Crippen LogP) is 1.78. The molecule has 6 rings (SSSR count). The van der Waals surface area contributed by atoms with Crippen LogP contribution in [0, 0.1) is 28.6 Å². The summed E-state index contributed by atoms with van der Waals surface area (Å²) < 4.78 is 17.1. The Bertz CT molecular complexity index is 1000. The standard InChI is InChI=1S/C29H42O9/c1-16-25(33)22(31)12-24(37-16)38-18-3-8-27(15-30)20-4-7-26(2)19(17-11-23(32)36-14-17)6-10-29(26,35)21(20)5-9-28(27,34)13-18/h11,15-16,18-22,24-25,31,33-35H,3-10,12-14H2,1-2H3/t16?,18?,19-,20-,21+,22?,24?,25?,26?,27?,28?,29?/m0/s1.